The van der Waals surface area contributed by atoms with Gasteiger partial charge in [-0.1, -0.05) is 0 Å². The van der Waals surface area contributed by atoms with Gasteiger partial charge in [0.25, 0.3) is 0 Å². The van der Waals surface area contributed by atoms with Crippen LogP contribution in [0, 0.1) is 11.6 Å². The van der Waals surface area contributed by atoms with Crippen molar-refractivity contribution in [2.45, 2.75) is 0 Å². The van der Waals surface area contributed by atoms with Crippen molar-refractivity contribution in [3.05, 3.63) is 52.1 Å². The summed E-state index contributed by atoms with van der Waals surface area (Å²) in [6.45, 7) is 0. The van der Waals surface area contributed by atoms with Gasteiger partial charge in [-0.2, -0.15) is 4.98 Å². The predicted octanol–water partition coefficient (Wildman–Crippen LogP) is 1.41. The van der Waals surface area contributed by atoms with Crippen LogP contribution in [-0.4, -0.2) is 21.0 Å². The zero-order valence-electron chi connectivity index (χ0n) is 8.78. The first kappa shape index (κ1) is 11.9. The highest BCUT2D eigenvalue weighted by Crippen LogP contribution is 2.18. The number of benzene rings is 1. The number of aromatic amines is 1. The van der Waals surface area contributed by atoms with Crippen LogP contribution in [-0.2, 0) is 0 Å². The van der Waals surface area contributed by atoms with Crippen molar-refractivity contribution >= 4 is 5.97 Å². The van der Waals surface area contributed by atoms with E-state index in [0.29, 0.717) is 0 Å². The first-order valence-electron chi connectivity index (χ1n) is 4.77. The summed E-state index contributed by atoms with van der Waals surface area (Å²) in [5.74, 6) is -3.49. The van der Waals surface area contributed by atoms with Gasteiger partial charge in [-0.05, 0) is 24.3 Å². The molecule has 0 spiro atoms. The average Bonchev–Trinajstić information content (AvgIpc) is 2.31. The van der Waals surface area contributed by atoms with E-state index in [2.05, 4.69) is 4.98 Å². The molecule has 0 aliphatic rings. The normalized spacial score (nSPS) is 10.3. The third-order valence-electron chi connectivity index (χ3n) is 2.19. The Morgan fingerprint density at radius 1 is 1.22 bits per heavy atom. The molecule has 1 aromatic carbocycles. The number of aromatic nitrogens is 2. The summed E-state index contributed by atoms with van der Waals surface area (Å²) in [4.78, 5) is 27.4. The van der Waals surface area contributed by atoms with E-state index in [9.17, 15) is 18.4 Å². The molecular weight excluding hydrogens is 246 g/mol. The molecule has 7 heteroatoms. The minimum atomic E-state index is -1.35. The van der Waals surface area contributed by atoms with Crippen LogP contribution in [0.4, 0.5) is 8.78 Å². The summed E-state index contributed by atoms with van der Waals surface area (Å²) in [6, 6.07) is 3.97. The maximum Gasteiger partial charge on any atom is 0.352 e. The molecule has 18 heavy (non-hydrogen) atoms. The topological polar surface area (TPSA) is 83.0 Å². The highest BCUT2D eigenvalue weighted by Gasteiger charge is 2.10. The van der Waals surface area contributed by atoms with Gasteiger partial charge in [0.1, 0.15) is 5.69 Å². The van der Waals surface area contributed by atoms with Gasteiger partial charge in [0.15, 0.2) is 11.6 Å². The summed E-state index contributed by atoms with van der Waals surface area (Å²) in [5, 5.41) is 8.75. The lowest BCUT2D eigenvalue weighted by Crippen LogP contribution is -2.16. The molecule has 2 rings (SSSR count). The molecule has 5 nitrogen and oxygen atoms in total. The van der Waals surface area contributed by atoms with Crippen LogP contribution in [0.2, 0.25) is 0 Å². The number of carbonyl (C=O) groups is 1. The molecule has 0 amide bonds. The lowest BCUT2D eigenvalue weighted by atomic mass is 10.1. The Balaban J connectivity index is 2.60. The summed E-state index contributed by atoms with van der Waals surface area (Å²) in [6.07, 6.45) is 0. The summed E-state index contributed by atoms with van der Waals surface area (Å²) in [5.41, 5.74) is -1.19. The molecule has 0 aliphatic heterocycles. The second-order valence-electron chi connectivity index (χ2n) is 3.42. The highest BCUT2D eigenvalue weighted by atomic mass is 19.2. The SMILES string of the molecule is O=C(O)c1cc(-c2ccc(F)c(F)c2)nc(=O)[nH]1. The van der Waals surface area contributed by atoms with Gasteiger partial charge >= 0.3 is 11.7 Å². The third-order valence-corrected chi connectivity index (χ3v) is 2.19. The first-order chi connectivity index (χ1) is 8.47. The van der Waals surface area contributed by atoms with Gasteiger partial charge < -0.3 is 5.11 Å². The van der Waals surface area contributed by atoms with Gasteiger partial charge in [-0.15, -0.1) is 0 Å². The first-order valence-corrected chi connectivity index (χ1v) is 4.77. The lowest BCUT2D eigenvalue weighted by molar-refractivity contribution is 0.0690. The average molecular weight is 252 g/mol. The molecule has 2 N–H and O–H groups in total. The molecule has 0 aliphatic carbocycles. The number of aromatic carboxylic acids is 1. The minimum absolute atomic E-state index is 0.0462. The lowest BCUT2D eigenvalue weighted by Gasteiger charge is -2.02. The van der Waals surface area contributed by atoms with Crippen LogP contribution < -0.4 is 5.69 Å². The quantitative estimate of drug-likeness (QED) is 0.846. The number of hydrogen-bond donors (Lipinski definition) is 2. The molecule has 0 saturated heterocycles. The number of nitrogens with one attached hydrogen (secondary N) is 1. The van der Waals surface area contributed by atoms with E-state index in [1.54, 1.807) is 0 Å². The number of halogens is 2. The molecule has 0 radical (unpaired) electrons. The van der Waals surface area contributed by atoms with Crippen LogP contribution in [0.15, 0.2) is 29.1 Å². The van der Waals surface area contributed by atoms with E-state index >= 15 is 0 Å². The molecule has 0 saturated carbocycles. The number of nitrogens with zero attached hydrogens (tertiary/aromatic N) is 1. The van der Waals surface area contributed by atoms with Crippen molar-refractivity contribution in [1.82, 2.24) is 9.97 Å². The van der Waals surface area contributed by atoms with Gasteiger partial charge in [0.05, 0.1) is 5.69 Å². The van der Waals surface area contributed by atoms with Crippen LogP contribution >= 0.6 is 0 Å². The number of rotatable bonds is 2. The van der Waals surface area contributed by atoms with E-state index in [4.69, 9.17) is 5.11 Å². The number of H-pyrrole nitrogens is 1. The summed E-state index contributed by atoms with van der Waals surface area (Å²) in [7, 11) is 0. The van der Waals surface area contributed by atoms with Gasteiger partial charge in [-0.3, -0.25) is 4.98 Å². The van der Waals surface area contributed by atoms with Crippen LogP contribution in [0.3, 0.4) is 0 Å². The maximum absolute atomic E-state index is 13.0. The molecule has 0 atom stereocenters. The van der Waals surface area contributed by atoms with Crippen molar-refractivity contribution in [3.63, 3.8) is 0 Å². The van der Waals surface area contributed by atoms with Crippen molar-refractivity contribution in [1.29, 1.82) is 0 Å². The van der Waals surface area contributed by atoms with Crippen molar-refractivity contribution in [2.24, 2.45) is 0 Å². The monoisotopic (exact) mass is 252 g/mol. The fourth-order valence-electron chi connectivity index (χ4n) is 1.38. The molecule has 1 heterocycles. The summed E-state index contributed by atoms with van der Waals surface area (Å²) >= 11 is 0. The fraction of sp³-hybridized carbons (Fsp3) is 0. The van der Waals surface area contributed by atoms with Crippen molar-refractivity contribution < 1.29 is 18.7 Å². The second-order valence-corrected chi connectivity index (χ2v) is 3.42. The molecule has 0 unspecified atom stereocenters. The molecule has 0 fully saturated rings. The molecule has 0 bridgehead atoms. The Labute approximate surface area is 98.7 Å². The van der Waals surface area contributed by atoms with Gasteiger partial charge in [-0.25, -0.2) is 18.4 Å². The van der Waals surface area contributed by atoms with E-state index < -0.39 is 23.3 Å². The Bertz CT molecular complexity index is 682. The third kappa shape index (κ3) is 2.24. The predicted molar refractivity (Wildman–Crippen MR) is 57.2 cm³/mol. The van der Waals surface area contributed by atoms with E-state index in [1.807, 2.05) is 4.98 Å². The van der Waals surface area contributed by atoms with E-state index in [-0.39, 0.29) is 17.0 Å². The molecule has 92 valence electrons. The standard InChI is InChI=1S/C11H6F2N2O3/c12-6-2-1-5(3-7(6)13)8-4-9(10(16)17)15-11(18)14-8/h1-4H,(H,16,17)(H,14,15,18). The molecule has 2 aromatic rings. The molecule has 1 aromatic heterocycles. The van der Waals surface area contributed by atoms with E-state index in [0.717, 1.165) is 18.2 Å². The fourth-order valence-corrected chi connectivity index (χ4v) is 1.38. The zero-order chi connectivity index (χ0) is 13.3. The largest absolute Gasteiger partial charge is 0.477 e. The van der Waals surface area contributed by atoms with Gasteiger partial charge in [0, 0.05) is 5.56 Å². The van der Waals surface area contributed by atoms with Crippen molar-refractivity contribution in [2.75, 3.05) is 0 Å². The number of hydrogen-bond acceptors (Lipinski definition) is 3. The summed E-state index contributed by atoms with van der Waals surface area (Å²) < 4.78 is 25.8. The highest BCUT2D eigenvalue weighted by molar-refractivity contribution is 5.86. The Hall–Kier alpha value is -2.57. The van der Waals surface area contributed by atoms with Crippen LogP contribution in [0.5, 0.6) is 0 Å². The Morgan fingerprint density at radius 3 is 2.56 bits per heavy atom. The second kappa shape index (κ2) is 4.36. The molecular formula is C11H6F2N2O3. The Kier molecular flexibility index (Phi) is 2.88. The zero-order valence-corrected chi connectivity index (χ0v) is 8.78. The minimum Gasteiger partial charge on any atom is -0.477 e. The van der Waals surface area contributed by atoms with Crippen LogP contribution in [0.1, 0.15) is 10.5 Å². The van der Waals surface area contributed by atoms with E-state index in [1.165, 1.54) is 6.07 Å². The number of carboxylic acids is 1. The Morgan fingerprint density at radius 2 is 1.94 bits per heavy atom. The van der Waals surface area contributed by atoms with Crippen molar-refractivity contribution in [3.8, 4) is 11.3 Å². The smallest absolute Gasteiger partial charge is 0.352 e. The number of carboxylic acid groups (broad SMARTS) is 1. The maximum atomic E-state index is 13.0. The van der Waals surface area contributed by atoms with Crippen LogP contribution in [0.25, 0.3) is 11.3 Å². The van der Waals surface area contributed by atoms with Gasteiger partial charge in [0.2, 0.25) is 0 Å².